The predicted molar refractivity (Wildman–Crippen MR) is 58.0 cm³/mol. The molecule has 3 unspecified atom stereocenters. The van der Waals surface area contributed by atoms with Crippen molar-refractivity contribution in [3.63, 3.8) is 0 Å². The van der Waals surface area contributed by atoms with Gasteiger partial charge in [0.25, 0.3) is 0 Å². The standard InChI is InChI=1S/C10H22N2O3/c1-11-8(7-13)4-12-5-9(14-2)10(6-12)15-3/h8-11,13H,4-7H2,1-3H3. The molecule has 0 spiro atoms. The molecule has 0 saturated carbocycles. The van der Waals surface area contributed by atoms with Crippen molar-refractivity contribution < 1.29 is 14.6 Å². The molecular weight excluding hydrogens is 196 g/mol. The lowest BCUT2D eigenvalue weighted by Crippen LogP contribution is -2.41. The Hall–Kier alpha value is -0.200. The number of likely N-dealkylation sites (tertiary alicyclic amines) is 1. The summed E-state index contributed by atoms with van der Waals surface area (Å²) in [4.78, 5) is 2.25. The van der Waals surface area contributed by atoms with Gasteiger partial charge in [-0.25, -0.2) is 0 Å². The van der Waals surface area contributed by atoms with Gasteiger partial charge in [-0.3, -0.25) is 4.90 Å². The van der Waals surface area contributed by atoms with Crippen molar-refractivity contribution in [2.45, 2.75) is 18.2 Å². The van der Waals surface area contributed by atoms with Gasteiger partial charge in [0, 0.05) is 39.9 Å². The van der Waals surface area contributed by atoms with Crippen LogP contribution < -0.4 is 5.32 Å². The summed E-state index contributed by atoms with van der Waals surface area (Å²) < 4.78 is 10.7. The van der Waals surface area contributed by atoms with Crippen LogP contribution in [0.1, 0.15) is 0 Å². The Morgan fingerprint density at radius 1 is 1.33 bits per heavy atom. The van der Waals surface area contributed by atoms with E-state index in [9.17, 15) is 0 Å². The molecule has 0 radical (unpaired) electrons. The summed E-state index contributed by atoms with van der Waals surface area (Å²) in [5.74, 6) is 0. The molecule has 0 aliphatic carbocycles. The van der Waals surface area contributed by atoms with E-state index in [1.807, 2.05) is 7.05 Å². The van der Waals surface area contributed by atoms with Crippen molar-refractivity contribution in [3.05, 3.63) is 0 Å². The highest BCUT2D eigenvalue weighted by atomic mass is 16.5. The van der Waals surface area contributed by atoms with Gasteiger partial charge >= 0.3 is 0 Å². The largest absolute Gasteiger partial charge is 0.395 e. The number of aliphatic hydroxyl groups is 1. The number of nitrogens with one attached hydrogen (secondary N) is 1. The van der Waals surface area contributed by atoms with Gasteiger partial charge in [0.2, 0.25) is 0 Å². The molecule has 1 fully saturated rings. The van der Waals surface area contributed by atoms with Gasteiger partial charge in [0.05, 0.1) is 18.8 Å². The molecule has 5 nitrogen and oxygen atoms in total. The van der Waals surface area contributed by atoms with Gasteiger partial charge in [0.1, 0.15) is 0 Å². The van der Waals surface area contributed by atoms with E-state index in [0.29, 0.717) is 0 Å². The van der Waals surface area contributed by atoms with E-state index in [0.717, 1.165) is 19.6 Å². The molecule has 1 heterocycles. The summed E-state index contributed by atoms with van der Waals surface area (Å²) in [6, 6.07) is 0.123. The molecule has 0 aromatic carbocycles. The Kier molecular flexibility index (Phi) is 5.49. The van der Waals surface area contributed by atoms with Crippen molar-refractivity contribution in [1.82, 2.24) is 10.2 Å². The number of likely N-dealkylation sites (N-methyl/N-ethyl adjacent to an activating group) is 1. The van der Waals surface area contributed by atoms with Gasteiger partial charge in [-0.05, 0) is 7.05 Å². The Labute approximate surface area is 91.3 Å². The Morgan fingerprint density at radius 2 is 1.87 bits per heavy atom. The average Bonchev–Trinajstić information content (AvgIpc) is 2.68. The first-order valence-electron chi connectivity index (χ1n) is 5.31. The predicted octanol–water partition coefficient (Wildman–Crippen LogP) is -1.09. The molecule has 2 N–H and O–H groups in total. The fourth-order valence-corrected chi connectivity index (χ4v) is 1.97. The van der Waals surface area contributed by atoms with E-state index in [2.05, 4.69) is 10.2 Å². The smallest absolute Gasteiger partial charge is 0.0971 e. The Morgan fingerprint density at radius 3 is 2.20 bits per heavy atom. The molecule has 0 amide bonds. The summed E-state index contributed by atoms with van der Waals surface area (Å²) in [5, 5.41) is 12.2. The average molecular weight is 218 g/mol. The third-order valence-electron chi connectivity index (χ3n) is 3.00. The maximum absolute atomic E-state index is 9.08. The zero-order chi connectivity index (χ0) is 11.3. The molecule has 0 bridgehead atoms. The summed E-state index contributed by atoms with van der Waals surface area (Å²) in [7, 11) is 5.28. The fraction of sp³-hybridized carbons (Fsp3) is 1.00. The SMILES string of the molecule is CNC(CO)CN1CC(OC)C(OC)C1. The molecule has 1 aliphatic rings. The van der Waals surface area contributed by atoms with Crippen molar-refractivity contribution >= 4 is 0 Å². The molecule has 1 saturated heterocycles. The van der Waals surface area contributed by atoms with Crippen LogP contribution in [-0.4, -0.2) is 75.8 Å². The number of methoxy groups -OCH3 is 2. The second-order valence-corrected chi connectivity index (χ2v) is 3.94. The molecule has 0 aromatic heterocycles. The summed E-state index contributed by atoms with van der Waals surface area (Å²) >= 11 is 0. The van der Waals surface area contributed by atoms with Crippen LogP contribution in [0.5, 0.6) is 0 Å². The van der Waals surface area contributed by atoms with Gasteiger partial charge < -0.3 is 19.9 Å². The lowest BCUT2D eigenvalue weighted by atomic mass is 10.3. The maximum atomic E-state index is 9.08. The maximum Gasteiger partial charge on any atom is 0.0971 e. The molecular formula is C10H22N2O3. The molecule has 1 rings (SSSR count). The first-order chi connectivity index (χ1) is 7.24. The van der Waals surface area contributed by atoms with Crippen LogP contribution in [0, 0.1) is 0 Å². The highest BCUT2D eigenvalue weighted by Crippen LogP contribution is 2.15. The van der Waals surface area contributed by atoms with Gasteiger partial charge in [-0.1, -0.05) is 0 Å². The monoisotopic (exact) mass is 218 g/mol. The zero-order valence-electron chi connectivity index (χ0n) is 9.77. The summed E-state index contributed by atoms with van der Waals surface area (Å²) in [6.45, 7) is 2.72. The topological polar surface area (TPSA) is 54.0 Å². The van der Waals surface area contributed by atoms with Crippen LogP contribution in [0.3, 0.4) is 0 Å². The second kappa shape index (κ2) is 6.40. The van der Waals surface area contributed by atoms with Crippen molar-refractivity contribution in [2.24, 2.45) is 0 Å². The third kappa shape index (κ3) is 3.39. The van der Waals surface area contributed by atoms with Crippen molar-refractivity contribution in [3.8, 4) is 0 Å². The quantitative estimate of drug-likeness (QED) is 0.593. The van der Waals surface area contributed by atoms with E-state index in [1.165, 1.54) is 0 Å². The number of hydrogen-bond acceptors (Lipinski definition) is 5. The van der Waals surface area contributed by atoms with E-state index in [-0.39, 0.29) is 24.9 Å². The normalized spacial score (nSPS) is 29.6. The number of rotatable bonds is 6. The zero-order valence-corrected chi connectivity index (χ0v) is 9.77. The minimum absolute atomic E-state index is 0.123. The molecule has 15 heavy (non-hydrogen) atoms. The van der Waals surface area contributed by atoms with Crippen LogP contribution in [-0.2, 0) is 9.47 Å². The molecule has 1 aliphatic heterocycles. The second-order valence-electron chi connectivity index (χ2n) is 3.94. The van der Waals surface area contributed by atoms with Gasteiger partial charge in [-0.15, -0.1) is 0 Å². The molecule has 0 aromatic rings. The van der Waals surface area contributed by atoms with Crippen LogP contribution in [0.25, 0.3) is 0 Å². The first kappa shape index (κ1) is 12.9. The van der Waals surface area contributed by atoms with E-state index >= 15 is 0 Å². The van der Waals surface area contributed by atoms with Crippen LogP contribution >= 0.6 is 0 Å². The van der Waals surface area contributed by atoms with Crippen LogP contribution in [0.4, 0.5) is 0 Å². The molecule has 3 atom stereocenters. The number of aliphatic hydroxyl groups excluding tert-OH is 1. The fourth-order valence-electron chi connectivity index (χ4n) is 1.97. The Balaban J connectivity index is 2.39. The van der Waals surface area contributed by atoms with Gasteiger partial charge in [-0.2, -0.15) is 0 Å². The first-order valence-corrected chi connectivity index (χ1v) is 5.31. The minimum atomic E-state index is 0.123. The molecule has 5 heteroatoms. The van der Waals surface area contributed by atoms with Crippen LogP contribution in [0.2, 0.25) is 0 Å². The van der Waals surface area contributed by atoms with E-state index in [1.54, 1.807) is 14.2 Å². The lowest BCUT2D eigenvalue weighted by molar-refractivity contribution is -0.00461. The number of nitrogens with zero attached hydrogens (tertiary/aromatic N) is 1. The minimum Gasteiger partial charge on any atom is -0.395 e. The van der Waals surface area contributed by atoms with Crippen molar-refractivity contribution in [2.75, 3.05) is 47.5 Å². The van der Waals surface area contributed by atoms with E-state index in [4.69, 9.17) is 14.6 Å². The summed E-state index contributed by atoms with van der Waals surface area (Å²) in [6.07, 6.45) is 0.289. The highest BCUT2D eigenvalue weighted by molar-refractivity contribution is 4.87. The molecule has 90 valence electrons. The van der Waals surface area contributed by atoms with Gasteiger partial charge in [0.15, 0.2) is 0 Å². The van der Waals surface area contributed by atoms with E-state index < -0.39 is 0 Å². The third-order valence-corrected chi connectivity index (χ3v) is 3.00. The van der Waals surface area contributed by atoms with Crippen molar-refractivity contribution in [1.29, 1.82) is 0 Å². The lowest BCUT2D eigenvalue weighted by Gasteiger charge is -2.21. The number of hydrogen-bond donors (Lipinski definition) is 2. The highest BCUT2D eigenvalue weighted by Gasteiger charge is 2.33. The van der Waals surface area contributed by atoms with Crippen LogP contribution in [0.15, 0.2) is 0 Å². The summed E-state index contributed by atoms with van der Waals surface area (Å²) in [5.41, 5.74) is 0. The number of ether oxygens (including phenoxy) is 2. The Bertz CT molecular complexity index is 164.